The average Bonchev–Trinajstić information content (AvgIpc) is 3.17. The Balaban J connectivity index is 1.63. The normalized spacial score (nSPS) is 17.8. The number of hydrogen-bond donors (Lipinski definition) is 0. The number of aryl methyl sites for hydroxylation is 1. The minimum absolute atomic E-state index is 0.0937. The molecule has 5 nitrogen and oxygen atoms in total. The van der Waals surface area contributed by atoms with E-state index in [4.69, 9.17) is 0 Å². The lowest BCUT2D eigenvalue weighted by Gasteiger charge is -2.37. The van der Waals surface area contributed by atoms with Crippen LogP contribution in [0.4, 0.5) is 0 Å². The first-order chi connectivity index (χ1) is 13.5. The minimum atomic E-state index is 0.0937. The summed E-state index contributed by atoms with van der Waals surface area (Å²) in [6, 6.07) is 12.9. The van der Waals surface area contributed by atoms with Crippen molar-refractivity contribution in [2.24, 2.45) is 0 Å². The summed E-state index contributed by atoms with van der Waals surface area (Å²) in [5, 5.41) is 4.61. The van der Waals surface area contributed by atoms with Crippen LogP contribution >= 0.6 is 0 Å². The fourth-order valence-electron chi connectivity index (χ4n) is 3.96. The number of nitrogens with zero attached hydrogens (tertiary/aromatic N) is 4. The van der Waals surface area contributed by atoms with E-state index in [2.05, 4.69) is 54.2 Å². The quantitative estimate of drug-likeness (QED) is 0.731. The molecule has 1 aromatic carbocycles. The molecule has 1 aliphatic rings. The standard InChI is InChI=1S/C23H34N4O/c1-5-27-22(16-21(24-27)18(2)3)23(28)25(4)20-12-9-14-26(17-20)15-13-19-10-7-6-8-11-19/h6-8,10-11,16,18,20H,5,9,12-15,17H2,1-4H3/t20-/m0/s1. The first-order valence-corrected chi connectivity index (χ1v) is 10.6. The SMILES string of the molecule is CCn1nc(C(C)C)cc1C(=O)N(C)[C@H]1CCCN(CCc2ccccc2)C1. The van der Waals surface area contributed by atoms with Gasteiger partial charge in [-0.25, -0.2) is 0 Å². The van der Waals surface area contributed by atoms with Crippen LogP contribution in [-0.2, 0) is 13.0 Å². The van der Waals surface area contributed by atoms with E-state index in [-0.39, 0.29) is 11.9 Å². The van der Waals surface area contributed by atoms with Crippen molar-refractivity contribution in [1.29, 1.82) is 0 Å². The second-order valence-electron chi connectivity index (χ2n) is 8.17. The first-order valence-electron chi connectivity index (χ1n) is 10.6. The molecule has 1 amide bonds. The van der Waals surface area contributed by atoms with Crippen LogP contribution in [0.3, 0.4) is 0 Å². The van der Waals surface area contributed by atoms with Gasteiger partial charge in [0.05, 0.1) is 5.69 Å². The largest absolute Gasteiger partial charge is 0.336 e. The molecule has 3 rings (SSSR count). The molecule has 152 valence electrons. The van der Waals surface area contributed by atoms with Crippen molar-refractivity contribution in [3.05, 3.63) is 53.3 Å². The Morgan fingerprint density at radius 2 is 2.04 bits per heavy atom. The highest BCUT2D eigenvalue weighted by Crippen LogP contribution is 2.20. The van der Waals surface area contributed by atoms with Crippen LogP contribution in [0.2, 0.25) is 0 Å². The van der Waals surface area contributed by atoms with Crippen LogP contribution in [0.15, 0.2) is 36.4 Å². The lowest BCUT2D eigenvalue weighted by Crippen LogP contribution is -2.49. The molecule has 0 aliphatic carbocycles. The number of carbonyl (C=O) groups is 1. The summed E-state index contributed by atoms with van der Waals surface area (Å²) in [4.78, 5) is 17.6. The average molecular weight is 383 g/mol. The van der Waals surface area contributed by atoms with E-state index in [0.717, 1.165) is 56.8 Å². The molecule has 2 aromatic rings. The Hall–Kier alpha value is -2.14. The van der Waals surface area contributed by atoms with Gasteiger partial charge in [0.2, 0.25) is 0 Å². The molecule has 5 heteroatoms. The van der Waals surface area contributed by atoms with Gasteiger partial charge in [-0.15, -0.1) is 0 Å². The van der Waals surface area contributed by atoms with E-state index in [1.807, 2.05) is 29.6 Å². The molecular weight excluding hydrogens is 348 g/mol. The van der Waals surface area contributed by atoms with Crippen molar-refractivity contribution in [2.45, 2.75) is 58.5 Å². The van der Waals surface area contributed by atoms with Crippen molar-refractivity contribution in [1.82, 2.24) is 19.6 Å². The molecule has 0 unspecified atom stereocenters. The zero-order chi connectivity index (χ0) is 20.1. The van der Waals surface area contributed by atoms with E-state index in [1.165, 1.54) is 5.56 Å². The summed E-state index contributed by atoms with van der Waals surface area (Å²) in [5.74, 6) is 0.420. The zero-order valence-electron chi connectivity index (χ0n) is 17.8. The Morgan fingerprint density at radius 3 is 2.71 bits per heavy atom. The first kappa shape index (κ1) is 20.6. The third-order valence-electron chi connectivity index (χ3n) is 5.82. The van der Waals surface area contributed by atoms with Crippen molar-refractivity contribution >= 4 is 5.91 Å². The summed E-state index contributed by atoms with van der Waals surface area (Å²) in [7, 11) is 1.95. The van der Waals surface area contributed by atoms with Crippen LogP contribution in [0.1, 0.15) is 61.3 Å². The highest BCUT2D eigenvalue weighted by Gasteiger charge is 2.28. The Bertz CT molecular complexity index is 768. The van der Waals surface area contributed by atoms with Crippen molar-refractivity contribution in [3.63, 3.8) is 0 Å². The van der Waals surface area contributed by atoms with Crippen LogP contribution in [-0.4, -0.2) is 58.2 Å². The number of amides is 1. The van der Waals surface area contributed by atoms with Gasteiger partial charge >= 0.3 is 0 Å². The van der Waals surface area contributed by atoms with Crippen molar-refractivity contribution in [2.75, 3.05) is 26.7 Å². The molecule has 0 spiro atoms. The van der Waals surface area contributed by atoms with Gasteiger partial charge in [-0.1, -0.05) is 44.2 Å². The second kappa shape index (κ2) is 9.37. The Morgan fingerprint density at radius 1 is 1.29 bits per heavy atom. The van der Waals surface area contributed by atoms with Gasteiger partial charge in [0, 0.05) is 32.7 Å². The van der Waals surface area contributed by atoms with Gasteiger partial charge in [-0.2, -0.15) is 5.10 Å². The molecule has 0 saturated carbocycles. The number of carbonyl (C=O) groups excluding carboxylic acids is 1. The molecule has 1 aromatic heterocycles. The van der Waals surface area contributed by atoms with Gasteiger partial charge in [-0.3, -0.25) is 9.48 Å². The van der Waals surface area contributed by atoms with E-state index < -0.39 is 0 Å². The molecule has 28 heavy (non-hydrogen) atoms. The zero-order valence-corrected chi connectivity index (χ0v) is 17.8. The summed E-state index contributed by atoms with van der Waals surface area (Å²) in [6.45, 7) is 10.1. The van der Waals surface area contributed by atoms with Crippen LogP contribution in [0.5, 0.6) is 0 Å². The number of hydrogen-bond acceptors (Lipinski definition) is 3. The lowest BCUT2D eigenvalue weighted by molar-refractivity contribution is 0.0607. The van der Waals surface area contributed by atoms with E-state index in [9.17, 15) is 4.79 Å². The van der Waals surface area contributed by atoms with Crippen LogP contribution in [0.25, 0.3) is 0 Å². The number of rotatable bonds is 7. The van der Waals surface area contributed by atoms with E-state index >= 15 is 0 Å². The van der Waals surface area contributed by atoms with Gasteiger partial charge in [-0.05, 0) is 50.3 Å². The predicted molar refractivity (Wildman–Crippen MR) is 114 cm³/mol. The lowest BCUT2D eigenvalue weighted by atomic mass is 10.0. The maximum Gasteiger partial charge on any atom is 0.272 e. The maximum absolute atomic E-state index is 13.2. The molecule has 0 radical (unpaired) electrons. The summed E-state index contributed by atoms with van der Waals surface area (Å²) in [5.41, 5.74) is 3.09. The minimum Gasteiger partial charge on any atom is -0.336 e. The molecule has 0 bridgehead atoms. The van der Waals surface area contributed by atoms with Gasteiger partial charge in [0.15, 0.2) is 0 Å². The third-order valence-corrected chi connectivity index (χ3v) is 5.82. The van der Waals surface area contributed by atoms with Crippen LogP contribution in [0, 0.1) is 0 Å². The number of likely N-dealkylation sites (tertiary alicyclic amines) is 1. The summed E-state index contributed by atoms with van der Waals surface area (Å²) >= 11 is 0. The summed E-state index contributed by atoms with van der Waals surface area (Å²) in [6.07, 6.45) is 3.27. The fraction of sp³-hybridized carbons (Fsp3) is 0.565. The highest BCUT2D eigenvalue weighted by molar-refractivity contribution is 5.92. The van der Waals surface area contributed by atoms with Crippen LogP contribution < -0.4 is 0 Å². The topological polar surface area (TPSA) is 41.4 Å². The summed E-state index contributed by atoms with van der Waals surface area (Å²) < 4.78 is 1.85. The number of piperidine rings is 1. The van der Waals surface area contributed by atoms with Crippen molar-refractivity contribution < 1.29 is 4.79 Å². The Labute approximate surface area is 169 Å². The predicted octanol–water partition coefficient (Wildman–Crippen LogP) is 3.81. The molecule has 1 atom stereocenters. The van der Waals surface area contributed by atoms with E-state index in [1.54, 1.807) is 0 Å². The molecule has 1 fully saturated rings. The Kier molecular flexibility index (Phi) is 6.89. The number of likely N-dealkylation sites (N-methyl/N-ethyl adjacent to an activating group) is 1. The number of aromatic nitrogens is 2. The number of benzene rings is 1. The molecule has 2 heterocycles. The molecule has 1 aliphatic heterocycles. The smallest absolute Gasteiger partial charge is 0.272 e. The molecule has 0 N–H and O–H groups in total. The monoisotopic (exact) mass is 382 g/mol. The maximum atomic E-state index is 13.2. The van der Waals surface area contributed by atoms with Gasteiger partial charge in [0.1, 0.15) is 5.69 Å². The second-order valence-corrected chi connectivity index (χ2v) is 8.17. The molecular formula is C23H34N4O. The van der Waals surface area contributed by atoms with Crippen molar-refractivity contribution in [3.8, 4) is 0 Å². The third kappa shape index (κ3) is 4.82. The van der Waals surface area contributed by atoms with Gasteiger partial charge in [0.25, 0.3) is 5.91 Å². The van der Waals surface area contributed by atoms with Gasteiger partial charge < -0.3 is 9.80 Å². The fourth-order valence-corrected chi connectivity index (χ4v) is 3.96. The van der Waals surface area contributed by atoms with E-state index in [0.29, 0.717) is 5.92 Å². The molecule has 1 saturated heterocycles. The highest BCUT2D eigenvalue weighted by atomic mass is 16.2.